The maximum absolute atomic E-state index is 11.0. The van der Waals surface area contributed by atoms with E-state index in [1.165, 1.54) is 32.1 Å². The van der Waals surface area contributed by atoms with E-state index in [-0.39, 0.29) is 5.91 Å². The fourth-order valence-electron chi connectivity index (χ4n) is 2.57. The Balaban J connectivity index is 1.86. The molecule has 2 rings (SSSR count). The zero-order valence-corrected chi connectivity index (χ0v) is 7.51. The number of hydrogen-bond donors (Lipinski definition) is 1. The number of rotatable bonds is 1. The van der Waals surface area contributed by atoms with E-state index in [1.807, 2.05) is 0 Å². The lowest BCUT2D eigenvalue weighted by Crippen LogP contribution is -2.20. The summed E-state index contributed by atoms with van der Waals surface area (Å²) in [5.74, 6) is 1.78. The average Bonchev–Trinajstić information content (AvgIpc) is 2.54. The number of amides is 1. The molecule has 2 nitrogen and oxygen atoms in total. The van der Waals surface area contributed by atoms with Crippen LogP contribution in [0.1, 0.15) is 38.5 Å². The van der Waals surface area contributed by atoms with Crippen LogP contribution in [0.5, 0.6) is 0 Å². The number of carbonyl (C=O) groups excluding carboxylic acids is 1. The van der Waals surface area contributed by atoms with Crippen LogP contribution in [0.3, 0.4) is 0 Å². The predicted molar refractivity (Wildman–Crippen MR) is 47.7 cm³/mol. The summed E-state index contributed by atoms with van der Waals surface area (Å²) in [6, 6.07) is 0. The molecule has 1 N–H and O–H groups in total. The van der Waals surface area contributed by atoms with Crippen LogP contribution >= 0.6 is 0 Å². The highest BCUT2D eigenvalue weighted by Gasteiger charge is 2.29. The van der Waals surface area contributed by atoms with Crippen molar-refractivity contribution in [3.63, 3.8) is 0 Å². The summed E-state index contributed by atoms with van der Waals surface area (Å²) >= 11 is 0. The van der Waals surface area contributed by atoms with E-state index in [9.17, 15) is 4.79 Å². The first kappa shape index (κ1) is 8.09. The topological polar surface area (TPSA) is 29.1 Å². The van der Waals surface area contributed by atoms with Gasteiger partial charge in [-0.1, -0.05) is 32.1 Å². The molecule has 0 aromatic heterocycles. The van der Waals surface area contributed by atoms with Crippen molar-refractivity contribution >= 4 is 5.91 Å². The molecule has 68 valence electrons. The van der Waals surface area contributed by atoms with Crippen LogP contribution in [0.4, 0.5) is 0 Å². The van der Waals surface area contributed by atoms with E-state index in [0.29, 0.717) is 5.92 Å². The molecule has 2 heteroatoms. The van der Waals surface area contributed by atoms with Crippen molar-refractivity contribution < 1.29 is 4.79 Å². The zero-order chi connectivity index (χ0) is 8.39. The Morgan fingerprint density at radius 1 is 1.08 bits per heavy atom. The van der Waals surface area contributed by atoms with E-state index in [0.717, 1.165) is 18.9 Å². The highest BCUT2D eigenvalue weighted by atomic mass is 16.1. The minimum Gasteiger partial charge on any atom is -0.356 e. The predicted octanol–water partition coefficient (Wildman–Crippen LogP) is 1.70. The average molecular weight is 167 g/mol. The molecule has 2 aliphatic rings. The highest BCUT2D eigenvalue weighted by molar-refractivity contribution is 5.78. The lowest BCUT2D eigenvalue weighted by molar-refractivity contribution is -0.119. The van der Waals surface area contributed by atoms with E-state index in [4.69, 9.17) is 0 Å². The molecule has 1 unspecified atom stereocenters. The van der Waals surface area contributed by atoms with E-state index in [2.05, 4.69) is 5.32 Å². The molecule has 0 spiro atoms. The van der Waals surface area contributed by atoms with Crippen molar-refractivity contribution in [2.24, 2.45) is 11.8 Å². The van der Waals surface area contributed by atoms with Crippen LogP contribution in [-0.4, -0.2) is 12.5 Å². The van der Waals surface area contributed by atoms with Gasteiger partial charge in [0.2, 0.25) is 5.91 Å². The Labute approximate surface area is 73.7 Å². The van der Waals surface area contributed by atoms with Gasteiger partial charge in [0, 0.05) is 13.0 Å². The minimum atomic E-state index is 0.269. The first-order valence-electron chi connectivity index (χ1n) is 5.13. The van der Waals surface area contributed by atoms with Crippen LogP contribution in [0.15, 0.2) is 0 Å². The maximum Gasteiger partial charge on any atom is 0.220 e. The Morgan fingerprint density at radius 3 is 2.42 bits per heavy atom. The molecule has 0 aromatic carbocycles. The molecular formula is C10H17NO. The van der Waals surface area contributed by atoms with Gasteiger partial charge in [-0.25, -0.2) is 0 Å². The Kier molecular flexibility index (Phi) is 2.33. The van der Waals surface area contributed by atoms with Crippen molar-refractivity contribution in [3.8, 4) is 0 Å². The molecule has 12 heavy (non-hydrogen) atoms. The Morgan fingerprint density at radius 2 is 1.83 bits per heavy atom. The highest BCUT2D eigenvalue weighted by Crippen LogP contribution is 2.32. The van der Waals surface area contributed by atoms with Gasteiger partial charge in [0.1, 0.15) is 0 Å². The molecule has 1 aliphatic carbocycles. The first-order chi connectivity index (χ1) is 5.86. The van der Waals surface area contributed by atoms with Crippen molar-refractivity contribution in [2.45, 2.75) is 38.5 Å². The summed E-state index contributed by atoms with van der Waals surface area (Å²) in [6.07, 6.45) is 7.69. The molecule has 1 aliphatic heterocycles. The summed E-state index contributed by atoms with van der Waals surface area (Å²) in [4.78, 5) is 11.0. The molecule has 2 fully saturated rings. The third kappa shape index (κ3) is 1.62. The molecule has 1 atom stereocenters. The van der Waals surface area contributed by atoms with Crippen LogP contribution in [-0.2, 0) is 4.79 Å². The standard InChI is InChI=1S/C10H17NO/c12-10-6-9(7-11-10)8-4-2-1-3-5-8/h8-9H,1-7H2,(H,11,12). The molecule has 1 saturated heterocycles. The summed E-state index contributed by atoms with van der Waals surface area (Å²) < 4.78 is 0. The van der Waals surface area contributed by atoms with Crippen LogP contribution < -0.4 is 5.32 Å². The maximum atomic E-state index is 11.0. The molecule has 0 aromatic rings. The first-order valence-corrected chi connectivity index (χ1v) is 5.13. The van der Waals surface area contributed by atoms with E-state index in [1.54, 1.807) is 0 Å². The molecule has 0 radical (unpaired) electrons. The summed E-state index contributed by atoms with van der Waals surface area (Å²) in [6.45, 7) is 0.948. The third-order valence-corrected chi connectivity index (χ3v) is 3.33. The number of hydrogen-bond acceptors (Lipinski definition) is 1. The third-order valence-electron chi connectivity index (χ3n) is 3.33. The largest absolute Gasteiger partial charge is 0.356 e. The molecule has 1 amide bonds. The SMILES string of the molecule is O=C1CC(C2CCCCC2)CN1. The van der Waals surface area contributed by atoms with Gasteiger partial charge < -0.3 is 5.32 Å². The van der Waals surface area contributed by atoms with Gasteiger partial charge in [-0.05, 0) is 11.8 Å². The van der Waals surface area contributed by atoms with E-state index >= 15 is 0 Å². The molecule has 1 heterocycles. The second-order valence-electron chi connectivity index (χ2n) is 4.17. The van der Waals surface area contributed by atoms with Gasteiger partial charge in [0.25, 0.3) is 0 Å². The van der Waals surface area contributed by atoms with Crippen molar-refractivity contribution in [3.05, 3.63) is 0 Å². The van der Waals surface area contributed by atoms with Crippen molar-refractivity contribution in [1.82, 2.24) is 5.32 Å². The summed E-state index contributed by atoms with van der Waals surface area (Å²) in [7, 11) is 0. The van der Waals surface area contributed by atoms with Crippen molar-refractivity contribution in [2.75, 3.05) is 6.54 Å². The van der Waals surface area contributed by atoms with Crippen LogP contribution in [0.25, 0.3) is 0 Å². The monoisotopic (exact) mass is 167 g/mol. The minimum absolute atomic E-state index is 0.269. The lowest BCUT2D eigenvalue weighted by Gasteiger charge is -2.25. The van der Waals surface area contributed by atoms with Crippen LogP contribution in [0, 0.1) is 11.8 Å². The van der Waals surface area contributed by atoms with E-state index < -0.39 is 0 Å². The Bertz CT molecular complexity index is 173. The molecule has 1 saturated carbocycles. The fraction of sp³-hybridized carbons (Fsp3) is 0.900. The summed E-state index contributed by atoms with van der Waals surface area (Å²) in [5.41, 5.74) is 0. The fourth-order valence-corrected chi connectivity index (χ4v) is 2.57. The van der Waals surface area contributed by atoms with Gasteiger partial charge in [0.05, 0.1) is 0 Å². The van der Waals surface area contributed by atoms with Gasteiger partial charge in [0.15, 0.2) is 0 Å². The lowest BCUT2D eigenvalue weighted by atomic mass is 9.79. The quantitative estimate of drug-likeness (QED) is 0.632. The second-order valence-corrected chi connectivity index (χ2v) is 4.17. The zero-order valence-electron chi connectivity index (χ0n) is 7.51. The Hall–Kier alpha value is -0.530. The number of nitrogens with one attached hydrogen (secondary N) is 1. The molecular weight excluding hydrogens is 150 g/mol. The normalized spacial score (nSPS) is 32.0. The van der Waals surface area contributed by atoms with Gasteiger partial charge in [-0.15, -0.1) is 0 Å². The van der Waals surface area contributed by atoms with Crippen molar-refractivity contribution in [1.29, 1.82) is 0 Å². The molecule has 0 bridgehead atoms. The van der Waals surface area contributed by atoms with Crippen LogP contribution in [0.2, 0.25) is 0 Å². The van der Waals surface area contributed by atoms with Gasteiger partial charge >= 0.3 is 0 Å². The second kappa shape index (κ2) is 3.46. The summed E-state index contributed by atoms with van der Waals surface area (Å²) in [5, 5.41) is 2.93. The van der Waals surface area contributed by atoms with Gasteiger partial charge in [-0.2, -0.15) is 0 Å². The number of carbonyl (C=O) groups is 1. The smallest absolute Gasteiger partial charge is 0.220 e. The van der Waals surface area contributed by atoms with Gasteiger partial charge in [-0.3, -0.25) is 4.79 Å².